The molecule has 0 spiro atoms. The summed E-state index contributed by atoms with van der Waals surface area (Å²) >= 11 is 1.84. The van der Waals surface area contributed by atoms with Gasteiger partial charge in [0.1, 0.15) is 5.75 Å². The van der Waals surface area contributed by atoms with Gasteiger partial charge in [0.05, 0.1) is 0 Å². The Labute approximate surface area is 217 Å². The van der Waals surface area contributed by atoms with Crippen molar-refractivity contribution < 1.29 is 5.11 Å². The normalized spacial score (nSPS) is 15.3. The number of aryl methyl sites for hydroxylation is 1. The molecule has 3 heteroatoms. The zero-order valence-electron chi connectivity index (χ0n) is 20.6. The summed E-state index contributed by atoms with van der Waals surface area (Å²) in [4.78, 5) is 1.36. The Balaban J connectivity index is 1.46. The first-order valence-electron chi connectivity index (χ1n) is 12.8. The maximum atomic E-state index is 9.68. The van der Waals surface area contributed by atoms with Gasteiger partial charge in [0.15, 0.2) is 0 Å². The van der Waals surface area contributed by atoms with Crippen molar-refractivity contribution in [1.29, 1.82) is 0 Å². The number of nitrogens with two attached hydrogens (primary N) is 1. The van der Waals surface area contributed by atoms with E-state index in [1.807, 2.05) is 23.9 Å². The lowest BCUT2D eigenvalue weighted by molar-refractivity contribution is 0.475. The van der Waals surface area contributed by atoms with E-state index >= 15 is 0 Å². The second-order valence-electron chi connectivity index (χ2n) is 9.87. The molecule has 1 aliphatic rings. The molecule has 0 amide bonds. The van der Waals surface area contributed by atoms with Crippen LogP contribution in [0.25, 0.3) is 21.5 Å². The predicted octanol–water partition coefficient (Wildman–Crippen LogP) is 7.94. The van der Waals surface area contributed by atoms with Gasteiger partial charge in [0, 0.05) is 17.4 Å². The van der Waals surface area contributed by atoms with Crippen LogP contribution in [0.4, 0.5) is 0 Å². The molecule has 0 saturated heterocycles. The number of rotatable bonds is 5. The fourth-order valence-electron chi connectivity index (χ4n) is 6.04. The van der Waals surface area contributed by atoms with Crippen LogP contribution >= 0.6 is 11.8 Å². The zero-order valence-corrected chi connectivity index (χ0v) is 21.4. The minimum Gasteiger partial charge on any atom is -0.508 e. The van der Waals surface area contributed by atoms with Crippen molar-refractivity contribution in [3.05, 3.63) is 118 Å². The molecule has 36 heavy (non-hydrogen) atoms. The first-order chi connectivity index (χ1) is 17.7. The molecule has 3 N–H and O–H groups in total. The molecule has 1 atom stereocenters. The summed E-state index contributed by atoms with van der Waals surface area (Å²) in [7, 11) is 0. The van der Waals surface area contributed by atoms with E-state index in [1.165, 1.54) is 72.7 Å². The number of hydrogen-bond donors (Lipinski definition) is 2. The third kappa shape index (κ3) is 4.07. The van der Waals surface area contributed by atoms with E-state index in [-0.39, 0.29) is 0 Å². The monoisotopic (exact) mass is 489 g/mol. The molecule has 0 bridgehead atoms. The van der Waals surface area contributed by atoms with E-state index in [2.05, 4.69) is 66.9 Å². The number of fused-ring (bicyclic) bond motifs is 5. The Bertz CT molecular complexity index is 1570. The molecule has 0 fully saturated rings. The van der Waals surface area contributed by atoms with Crippen LogP contribution < -0.4 is 5.73 Å². The topological polar surface area (TPSA) is 46.2 Å². The highest BCUT2D eigenvalue weighted by Crippen LogP contribution is 2.43. The average molecular weight is 490 g/mol. The lowest BCUT2D eigenvalue weighted by Gasteiger charge is -2.28. The van der Waals surface area contributed by atoms with E-state index in [9.17, 15) is 5.11 Å². The van der Waals surface area contributed by atoms with E-state index < -0.39 is 0 Å². The summed E-state index contributed by atoms with van der Waals surface area (Å²) < 4.78 is 0. The van der Waals surface area contributed by atoms with Crippen LogP contribution in [0.3, 0.4) is 0 Å². The van der Waals surface area contributed by atoms with Crippen LogP contribution in [0.5, 0.6) is 5.75 Å². The number of benzene rings is 5. The van der Waals surface area contributed by atoms with Crippen molar-refractivity contribution in [1.82, 2.24) is 0 Å². The van der Waals surface area contributed by atoms with Gasteiger partial charge < -0.3 is 10.8 Å². The summed E-state index contributed by atoms with van der Waals surface area (Å²) in [6.45, 7) is 0.532. The van der Waals surface area contributed by atoms with Crippen molar-refractivity contribution in [2.45, 2.75) is 43.0 Å². The second kappa shape index (κ2) is 9.65. The van der Waals surface area contributed by atoms with Gasteiger partial charge in [-0.1, -0.05) is 66.7 Å². The molecule has 1 unspecified atom stereocenters. The molecule has 2 nitrogen and oxygen atoms in total. The van der Waals surface area contributed by atoms with E-state index in [4.69, 9.17) is 5.73 Å². The van der Waals surface area contributed by atoms with Crippen LogP contribution in [-0.4, -0.2) is 11.4 Å². The fourth-order valence-corrected chi connectivity index (χ4v) is 6.68. The Morgan fingerprint density at radius 2 is 1.61 bits per heavy atom. The van der Waals surface area contributed by atoms with Crippen molar-refractivity contribution in [3.8, 4) is 5.75 Å². The van der Waals surface area contributed by atoms with Gasteiger partial charge in [0.25, 0.3) is 0 Å². The zero-order chi connectivity index (χ0) is 24.6. The summed E-state index contributed by atoms with van der Waals surface area (Å²) in [6.07, 6.45) is 6.50. The first kappa shape index (κ1) is 23.1. The molecule has 0 saturated carbocycles. The van der Waals surface area contributed by atoms with Crippen molar-refractivity contribution in [3.63, 3.8) is 0 Å². The molecule has 0 aromatic heterocycles. The number of phenolic OH excluding ortho intramolecular Hbond substituents is 1. The minimum atomic E-state index is 0.301. The van der Waals surface area contributed by atoms with Crippen molar-refractivity contribution in [2.75, 3.05) is 6.26 Å². The van der Waals surface area contributed by atoms with E-state index in [0.717, 1.165) is 12.8 Å². The molecule has 0 heterocycles. The molecule has 0 aliphatic heterocycles. The summed E-state index contributed by atoms with van der Waals surface area (Å²) in [5, 5.41) is 15.2. The number of aromatic hydroxyl groups is 1. The van der Waals surface area contributed by atoms with Gasteiger partial charge >= 0.3 is 0 Å². The lowest BCUT2D eigenvalue weighted by atomic mass is 9.76. The van der Waals surface area contributed by atoms with Gasteiger partial charge in [0.2, 0.25) is 0 Å². The third-order valence-electron chi connectivity index (χ3n) is 7.85. The van der Waals surface area contributed by atoms with Gasteiger partial charge in [-0.2, -0.15) is 0 Å². The van der Waals surface area contributed by atoms with Crippen molar-refractivity contribution in [2.24, 2.45) is 5.73 Å². The Morgan fingerprint density at radius 1 is 0.833 bits per heavy atom. The number of thioether (sulfide) groups is 1. The van der Waals surface area contributed by atoms with Crippen LogP contribution in [0.1, 0.15) is 52.1 Å². The Hall–Kier alpha value is -3.27. The summed E-state index contributed by atoms with van der Waals surface area (Å²) in [5.41, 5.74) is 14.2. The maximum absolute atomic E-state index is 9.68. The highest BCUT2D eigenvalue weighted by Gasteiger charge is 2.25. The Morgan fingerprint density at radius 3 is 2.39 bits per heavy atom. The molecule has 5 aromatic carbocycles. The van der Waals surface area contributed by atoms with Crippen LogP contribution in [0, 0.1) is 0 Å². The molecular weight excluding hydrogens is 458 g/mol. The Kier molecular flexibility index (Phi) is 6.20. The minimum absolute atomic E-state index is 0.301. The first-order valence-corrected chi connectivity index (χ1v) is 14.0. The highest BCUT2D eigenvalue weighted by molar-refractivity contribution is 7.98. The third-order valence-corrected chi connectivity index (χ3v) is 8.63. The standard InChI is InChI=1S/C33H31NOS/c1-36-33-19-32-28-8-4-7-26(29(28)15-16-30(32)27-5-2-3-6-31(27)33)22-11-12-23(20-34)24(18-22)17-21-9-13-25(35)14-10-21/h2-3,5-6,9-16,18-19,26,35H,4,7-8,17,20,34H2,1H3. The van der Waals surface area contributed by atoms with Gasteiger partial charge in [-0.05, 0) is 105 Å². The fraction of sp³-hybridized carbons (Fsp3) is 0.212. The largest absolute Gasteiger partial charge is 0.508 e. The number of hydrogen-bond acceptors (Lipinski definition) is 3. The predicted molar refractivity (Wildman–Crippen MR) is 153 cm³/mol. The number of phenols is 1. The SMILES string of the molecule is CSc1cc2c3c(ccc2c2ccccc12)C(c1ccc(CN)c(Cc2ccc(O)cc2)c1)CCC3. The van der Waals surface area contributed by atoms with Gasteiger partial charge in [-0.3, -0.25) is 0 Å². The molecule has 5 aromatic rings. The van der Waals surface area contributed by atoms with Crippen molar-refractivity contribution >= 4 is 33.3 Å². The van der Waals surface area contributed by atoms with Crippen LogP contribution in [0.2, 0.25) is 0 Å². The quantitative estimate of drug-likeness (QED) is 0.195. The molecular formula is C33H31NOS. The van der Waals surface area contributed by atoms with E-state index in [0.29, 0.717) is 18.2 Å². The lowest BCUT2D eigenvalue weighted by Crippen LogP contribution is -2.13. The summed E-state index contributed by atoms with van der Waals surface area (Å²) in [5.74, 6) is 0.697. The highest BCUT2D eigenvalue weighted by atomic mass is 32.2. The summed E-state index contributed by atoms with van der Waals surface area (Å²) in [6, 6.07) is 30.4. The molecule has 6 rings (SSSR count). The molecule has 180 valence electrons. The van der Waals surface area contributed by atoms with Crippen LogP contribution in [-0.2, 0) is 19.4 Å². The molecule has 1 aliphatic carbocycles. The van der Waals surface area contributed by atoms with E-state index in [1.54, 1.807) is 12.1 Å². The second-order valence-corrected chi connectivity index (χ2v) is 10.7. The maximum Gasteiger partial charge on any atom is 0.115 e. The average Bonchev–Trinajstić information content (AvgIpc) is 2.93. The van der Waals surface area contributed by atoms with Crippen LogP contribution in [0.15, 0.2) is 89.8 Å². The molecule has 0 radical (unpaired) electrons. The van der Waals surface area contributed by atoms with Gasteiger partial charge in [-0.25, -0.2) is 0 Å². The van der Waals surface area contributed by atoms with Gasteiger partial charge in [-0.15, -0.1) is 11.8 Å². The smallest absolute Gasteiger partial charge is 0.115 e.